The van der Waals surface area contributed by atoms with E-state index in [0.29, 0.717) is 23.8 Å². The fourth-order valence-electron chi connectivity index (χ4n) is 4.49. The lowest BCUT2D eigenvalue weighted by Gasteiger charge is -2.24. The van der Waals surface area contributed by atoms with Crippen LogP contribution in [0.1, 0.15) is 58.7 Å². The number of amides is 2. The average molecular weight is 478 g/mol. The molecule has 0 saturated carbocycles. The summed E-state index contributed by atoms with van der Waals surface area (Å²) in [5.41, 5.74) is 4.71. The summed E-state index contributed by atoms with van der Waals surface area (Å²) in [6.45, 7) is 9.38. The first kappa shape index (κ1) is 24.0. The van der Waals surface area contributed by atoms with Crippen molar-refractivity contribution in [1.82, 2.24) is 19.7 Å². The highest BCUT2D eigenvalue weighted by Gasteiger charge is 2.34. The predicted octanol–water partition coefficient (Wildman–Crippen LogP) is 4.93. The van der Waals surface area contributed by atoms with Gasteiger partial charge in [0.15, 0.2) is 11.0 Å². The van der Waals surface area contributed by atoms with Gasteiger partial charge in [-0.1, -0.05) is 47.7 Å². The van der Waals surface area contributed by atoms with Gasteiger partial charge in [-0.05, 0) is 63.8 Å². The third kappa shape index (κ3) is 5.01. The van der Waals surface area contributed by atoms with Crippen molar-refractivity contribution in [2.45, 2.75) is 58.3 Å². The number of likely N-dealkylation sites (tertiary alicyclic amines) is 1. The van der Waals surface area contributed by atoms with Crippen molar-refractivity contribution in [3.63, 3.8) is 0 Å². The number of aromatic nitrogens is 3. The van der Waals surface area contributed by atoms with Gasteiger partial charge in [0.05, 0.1) is 11.8 Å². The van der Waals surface area contributed by atoms with Crippen LogP contribution in [0.25, 0.3) is 0 Å². The van der Waals surface area contributed by atoms with E-state index in [1.807, 2.05) is 79.6 Å². The maximum absolute atomic E-state index is 13.2. The van der Waals surface area contributed by atoms with Gasteiger partial charge < -0.3 is 14.8 Å². The number of carbonyl (C=O) groups is 2. The molecule has 8 heteroatoms. The third-order valence-corrected chi connectivity index (χ3v) is 7.18. The number of nitrogens with one attached hydrogen (secondary N) is 1. The molecule has 1 aliphatic heterocycles. The number of para-hydroxylation sites is 1. The molecule has 34 heavy (non-hydrogen) atoms. The zero-order chi connectivity index (χ0) is 24.2. The molecule has 1 N–H and O–H groups in total. The second kappa shape index (κ2) is 10.4. The zero-order valence-electron chi connectivity index (χ0n) is 20.2. The minimum atomic E-state index is -0.113. The minimum absolute atomic E-state index is 0.0269. The Kier molecular flexibility index (Phi) is 7.36. The summed E-state index contributed by atoms with van der Waals surface area (Å²) in [7, 11) is 0. The molecule has 4 rings (SSSR count). The van der Waals surface area contributed by atoms with Crippen LogP contribution in [-0.4, -0.2) is 43.8 Å². The van der Waals surface area contributed by atoms with Crippen LogP contribution in [0.3, 0.4) is 0 Å². The van der Waals surface area contributed by atoms with E-state index in [1.54, 1.807) is 0 Å². The number of carbonyl (C=O) groups excluding carboxylic acids is 2. The normalized spacial score (nSPS) is 15.5. The average Bonchev–Trinajstić information content (AvgIpc) is 3.46. The van der Waals surface area contributed by atoms with E-state index in [1.165, 1.54) is 11.8 Å². The summed E-state index contributed by atoms with van der Waals surface area (Å²) >= 11 is 1.37. The Morgan fingerprint density at radius 2 is 1.82 bits per heavy atom. The number of anilines is 1. The van der Waals surface area contributed by atoms with Gasteiger partial charge in [0.1, 0.15) is 0 Å². The lowest BCUT2D eigenvalue weighted by atomic mass is 10.1. The van der Waals surface area contributed by atoms with Gasteiger partial charge in [0.25, 0.3) is 5.91 Å². The molecule has 2 aromatic carbocycles. The SMILES string of the molecule is CCn1c(SCC(=O)Nc2c(C)cccc2C)nnc1C1CCCN1C(=O)c1cccc(C)c1. The molecular formula is C26H31N5O2S. The smallest absolute Gasteiger partial charge is 0.254 e. The monoisotopic (exact) mass is 477 g/mol. The summed E-state index contributed by atoms with van der Waals surface area (Å²) in [4.78, 5) is 27.8. The van der Waals surface area contributed by atoms with Crippen LogP contribution in [0, 0.1) is 20.8 Å². The quantitative estimate of drug-likeness (QED) is 0.488. The highest BCUT2D eigenvalue weighted by molar-refractivity contribution is 7.99. The van der Waals surface area contributed by atoms with Gasteiger partial charge in [0.2, 0.25) is 5.91 Å². The largest absolute Gasteiger partial charge is 0.328 e. The van der Waals surface area contributed by atoms with Crippen molar-refractivity contribution >= 4 is 29.3 Å². The maximum atomic E-state index is 13.2. The number of hydrogen-bond donors (Lipinski definition) is 1. The van der Waals surface area contributed by atoms with E-state index in [2.05, 4.69) is 15.5 Å². The summed E-state index contributed by atoms with van der Waals surface area (Å²) in [5.74, 6) is 0.979. The van der Waals surface area contributed by atoms with E-state index in [0.717, 1.165) is 41.0 Å². The van der Waals surface area contributed by atoms with Gasteiger partial charge in [-0.3, -0.25) is 9.59 Å². The van der Waals surface area contributed by atoms with Crippen LogP contribution >= 0.6 is 11.8 Å². The Balaban J connectivity index is 1.47. The molecular weight excluding hydrogens is 446 g/mol. The number of hydrogen-bond acceptors (Lipinski definition) is 5. The molecule has 1 fully saturated rings. The molecule has 1 atom stereocenters. The van der Waals surface area contributed by atoms with E-state index < -0.39 is 0 Å². The molecule has 1 aromatic heterocycles. The standard InChI is InChI=1S/C26H31N5O2S/c1-5-30-24(21-13-8-14-31(21)25(33)20-12-6-9-17(2)15-20)28-29-26(30)34-16-22(32)27-23-18(3)10-7-11-19(23)4/h6-7,9-12,15,21H,5,8,13-14,16H2,1-4H3,(H,27,32). The lowest BCUT2D eigenvalue weighted by molar-refractivity contribution is -0.113. The molecule has 2 heterocycles. The molecule has 178 valence electrons. The van der Waals surface area contributed by atoms with Gasteiger partial charge in [-0.2, -0.15) is 0 Å². The fraction of sp³-hybridized carbons (Fsp3) is 0.385. The van der Waals surface area contributed by atoms with Crippen molar-refractivity contribution < 1.29 is 9.59 Å². The molecule has 7 nitrogen and oxygen atoms in total. The summed E-state index contributed by atoms with van der Waals surface area (Å²) in [6, 6.07) is 13.5. The Morgan fingerprint density at radius 3 is 2.53 bits per heavy atom. The molecule has 1 aliphatic rings. The van der Waals surface area contributed by atoms with Crippen LogP contribution in [0.4, 0.5) is 5.69 Å². The van der Waals surface area contributed by atoms with E-state index in [9.17, 15) is 9.59 Å². The molecule has 1 saturated heterocycles. The molecule has 3 aromatic rings. The predicted molar refractivity (Wildman–Crippen MR) is 135 cm³/mol. The third-order valence-electron chi connectivity index (χ3n) is 6.22. The Labute approximate surface area is 205 Å². The fourth-order valence-corrected chi connectivity index (χ4v) is 5.30. The lowest BCUT2D eigenvalue weighted by Crippen LogP contribution is -2.32. The van der Waals surface area contributed by atoms with Gasteiger partial charge >= 0.3 is 0 Å². The highest BCUT2D eigenvalue weighted by Crippen LogP contribution is 2.34. The molecule has 0 aliphatic carbocycles. The maximum Gasteiger partial charge on any atom is 0.254 e. The number of rotatable bonds is 7. The Hall–Kier alpha value is -3.13. The molecule has 0 bridgehead atoms. The Bertz CT molecular complexity index is 1190. The summed E-state index contributed by atoms with van der Waals surface area (Å²) in [6.07, 6.45) is 1.78. The van der Waals surface area contributed by atoms with Gasteiger partial charge in [-0.15, -0.1) is 10.2 Å². The van der Waals surface area contributed by atoms with Crippen LogP contribution in [-0.2, 0) is 11.3 Å². The van der Waals surface area contributed by atoms with E-state index in [-0.39, 0.29) is 23.6 Å². The van der Waals surface area contributed by atoms with E-state index >= 15 is 0 Å². The topological polar surface area (TPSA) is 80.1 Å². The second-order valence-corrected chi connectivity index (χ2v) is 9.66. The van der Waals surface area contributed by atoms with Crippen molar-refractivity contribution in [1.29, 1.82) is 0 Å². The van der Waals surface area contributed by atoms with Crippen LogP contribution < -0.4 is 5.32 Å². The Morgan fingerprint density at radius 1 is 1.09 bits per heavy atom. The highest BCUT2D eigenvalue weighted by atomic mass is 32.2. The van der Waals surface area contributed by atoms with E-state index in [4.69, 9.17) is 0 Å². The number of aryl methyl sites for hydroxylation is 3. The molecule has 0 radical (unpaired) electrons. The van der Waals surface area contributed by atoms with Crippen molar-refractivity contribution in [3.8, 4) is 0 Å². The van der Waals surface area contributed by atoms with Crippen LogP contribution in [0.5, 0.6) is 0 Å². The van der Waals surface area contributed by atoms with Crippen molar-refractivity contribution in [2.24, 2.45) is 0 Å². The molecule has 2 amide bonds. The summed E-state index contributed by atoms with van der Waals surface area (Å²) in [5, 5.41) is 12.6. The van der Waals surface area contributed by atoms with Gasteiger partial charge in [0, 0.05) is 24.3 Å². The molecule has 0 spiro atoms. The summed E-state index contributed by atoms with van der Waals surface area (Å²) < 4.78 is 2.03. The first-order valence-electron chi connectivity index (χ1n) is 11.7. The number of nitrogens with zero attached hydrogens (tertiary/aromatic N) is 4. The van der Waals surface area contributed by atoms with Crippen molar-refractivity contribution in [2.75, 3.05) is 17.6 Å². The minimum Gasteiger partial charge on any atom is -0.328 e. The van der Waals surface area contributed by atoms with Crippen molar-refractivity contribution in [3.05, 3.63) is 70.5 Å². The van der Waals surface area contributed by atoms with Crippen LogP contribution in [0.15, 0.2) is 47.6 Å². The first-order valence-corrected chi connectivity index (χ1v) is 12.7. The molecule has 1 unspecified atom stereocenters. The number of thioether (sulfide) groups is 1. The first-order chi connectivity index (χ1) is 16.4. The number of benzene rings is 2. The second-order valence-electron chi connectivity index (χ2n) is 8.71. The zero-order valence-corrected chi connectivity index (χ0v) is 21.0. The van der Waals surface area contributed by atoms with Crippen LogP contribution in [0.2, 0.25) is 0 Å². The van der Waals surface area contributed by atoms with Gasteiger partial charge in [-0.25, -0.2) is 0 Å².